The van der Waals surface area contributed by atoms with E-state index < -0.39 is 6.10 Å². The molecule has 0 radical (unpaired) electrons. The predicted molar refractivity (Wildman–Crippen MR) is 104 cm³/mol. The highest BCUT2D eigenvalue weighted by Gasteiger charge is 2.20. The first-order chi connectivity index (χ1) is 13.6. The second-order valence-corrected chi connectivity index (χ2v) is 6.34. The van der Waals surface area contributed by atoms with E-state index in [0.717, 1.165) is 5.56 Å². The molecule has 1 aromatic heterocycles. The molecule has 2 aromatic carbocycles. The maximum atomic E-state index is 12.5. The van der Waals surface area contributed by atoms with Gasteiger partial charge in [0.05, 0.1) is 13.7 Å². The Morgan fingerprint density at radius 2 is 1.89 bits per heavy atom. The molecule has 0 aliphatic rings. The standard InChI is InChI=1S/C20H20ClN3O4/c1-3-15(27-17-7-5-4-6-16(17)26-2)20(25)22-12-18-23-19(24-28-18)13-8-10-14(21)11-9-13/h4-11,15H,3,12H2,1-2H3,(H,22,25)/t15-/m1/s1. The average molecular weight is 402 g/mol. The van der Waals surface area contributed by atoms with E-state index in [1.807, 2.05) is 19.1 Å². The minimum absolute atomic E-state index is 0.102. The number of aromatic nitrogens is 2. The van der Waals surface area contributed by atoms with E-state index in [2.05, 4.69) is 15.5 Å². The smallest absolute Gasteiger partial charge is 0.261 e. The van der Waals surface area contributed by atoms with Crippen molar-refractivity contribution in [3.05, 3.63) is 59.4 Å². The summed E-state index contributed by atoms with van der Waals surface area (Å²) in [6.45, 7) is 1.97. The van der Waals surface area contributed by atoms with Crippen LogP contribution in [0.3, 0.4) is 0 Å². The first kappa shape index (κ1) is 19.7. The normalized spacial score (nSPS) is 11.7. The van der Waals surface area contributed by atoms with Crippen LogP contribution in [0.5, 0.6) is 11.5 Å². The third-order valence-corrected chi connectivity index (χ3v) is 4.24. The van der Waals surface area contributed by atoms with Crippen LogP contribution < -0.4 is 14.8 Å². The minimum Gasteiger partial charge on any atom is -0.493 e. The number of benzene rings is 2. The van der Waals surface area contributed by atoms with Crippen molar-refractivity contribution in [2.75, 3.05) is 7.11 Å². The molecule has 3 aromatic rings. The molecule has 28 heavy (non-hydrogen) atoms. The van der Waals surface area contributed by atoms with Crippen molar-refractivity contribution in [1.82, 2.24) is 15.5 Å². The van der Waals surface area contributed by atoms with Crippen LogP contribution in [-0.4, -0.2) is 29.3 Å². The molecule has 0 saturated carbocycles. The molecule has 0 aliphatic carbocycles. The van der Waals surface area contributed by atoms with E-state index in [1.165, 1.54) is 0 Å². The number of carbonyl (C=O) groups excluding carboxylic acids is 1. The average Bonchev–Trinajstić information content (AvgIpc) is 3.20. The summed E-state index contributed by atoms with van der Waals surface area (Å²) in [5, 5.41) is 7.31. The van der Waals surface area contributed by atoms with Crippen LogP contribution in [0.1, 0.15) is 19.2 Å². The van der Waals surface area contributed by atoms with Crippen molar-refractivity contribution in [2.45, 2.75) is 26.0 Å². The number of carbonyl (C=O) groups is 1. The van der Waals surface area contributed by atoms with Crippen LogP contribution >= 0.6 is 11.6 Å². The lowest BCUT2D eigenvalue weighted by Crippen LogP contribution is -2.37. The van der Waals surface area contributed by atoms with Crippen molar-refractivity contribution >= 4 is 17.5 Å². The van der Waals surface area contributed by atoms with Gasteiger partial charge < -0.3 is 19.3 Å². The third kappa shape index (κ3) is 4.80. The van der Waals surface area contributed by atoms with Gasteiger partial charge in [-0.05, 0) is 42.8 Å². The summed E-state index contributed by atoms with van der Waals surface area (Å²) in [6, 6.07) is 14.3. The van der Waals surface area contributed by atoms with Crippen molar-refractivity contribution in [1.29, 1.82) is 0 Å². The molecule has 0 aliphatic heterocycles. The van der Waals surface area contributed by atoms with Crippen LogP contribution in [0.15, 0.2) is 53.1 Å². The van der Waals surface area contributed by atoms with E-state index in [-0.39, 0.29) is 12.5 Å². The van der Waals surface area contributed by atoms with Crippen molar-refractivity contribution in [3.8, 4) is 22.9 Å². The van der Waals surface area contributed by atoms with Gasteiger partial charge in [-0.3, -0.25) is 4.79 Å². The number of halogens is 1. The summed E-state index contributed by atoms with van der Waals surface area (Å²) in [7, 11) is 1.55. The number of nitrogens with one attached hydrogen (secondary N) is 1. The summed E-state index contributed by atoms with van der Waals surface area (Å²) in [6.07, 6.45) is -0.182. The lowest BCUT2D eigenvalue weighted by Gasteiger charge is -2.18. The van der Waals surface area contributed by atoms with Crippen LogP contribution in [0, 0.1) is 0 Å². The quantitative estimate of drug-likeness (QED) is 0.616. The Balaban J connectivity index is 1.60. The Kier molecular flexibility index (Phi) is 6.49. The fraction of sp³-hybridized carbons (Fsp3) is 0.250. The Hall–Kier alpha value is -3.06. The van der Waals surface area contributed by atoms with Gasteiger partial charge >= 0.3 is 0 Å². The molecular weight excluding hydrogens is 382 g/mol. The predicted octanol–water partition coefficient (Wildman–Crippen LogP) is 3.87. The first-order valence-electron chi connectivity index (χ1n) is 8.76. The third-order valence-electron chi connectivity index (χ3n) is 3.99. The SMILES string of the molecule is CC[C@@H](Oc1ccccc1OC)C(=O)NCc1nc(-c2ccc(Cl)cc2)no1. The number of ether oxygens (including phenoxy) is 2. The van der Waals surface area contributed by atoms with Gasteiger partial charge in [0.25, 0.3) is 5.91 Å². The van der Waals surface area contributed by atoms with Crippen molar-refractivity contribution in [3.63, 3.8) is 0 Å². The minimum atomic E-state index is -0.671. The summed E-state index contributed by atoms with van der Waals surface area (Å²) < 4.78 is 16.3. The van der Waals surface area contributed by atoms with Gasteiger partial charge in [0.1, 0.15) is 0 Å². The zero-order valence-electron chi connectivity index (χ0n) is 15.5. The maximum absolute atomic E-state index is 12.5. The Morgan fingerprint density at radius 3 is 2.57 bits per heavy atom. The van der Waals surface area contributed by atoms with Gasteiger partial charge in [0.15, 0.2) is 17.6 Å². The fourth-order valence-corrected chi connectivity index (χ4v) is 2.64. The van der Waals surface area contributed by atoms with Crippen molar-refractivity contribution < 1.29 is 18.8 Å². The summed E-state index contributed by atoms with van der Waals surface area (Å²) in [5.41, 5.74) is 0.775. The first-order valence-corrected chi connectivity index (χ1v) is 9.14. The van der Waals surface area contributed by atoms with Gasteiger partial charge in [0, 0.05) is 10.6 Å². The summed E-state index contributed by atoms with van der Waals surface area (Å²) in [5.74, 6) is 1.52. The number of methoxy groups -OCH3 is 1. The molecular formula is C20H20ClN3O4. The largest absolute Gasteiger partial charge is 0.493 e. The molecule has 0 saturated heterocycles. The molecule has 1 N–H and O–H groups in total. The number of amides is 1. The molecule has 8 heteroatoms. The molecule has 3 rings (SSSR count). The topological polar surface area (TPSA) is 86.5 Å². The van der Waals surface area contributed by atoms with Gasteiger partial charge in [-0.25, -0.2) is 0 Å². The number of para-hydroxylation sites is 2. The zero-order valence-corrected chi connectivity index (χ0v) is 16.3. The van der Waals surface area contributed by atoms with Crippen LogP contribution in [0.4, 0.5) is 0 Å². The number of nitrogens with zero attached hydrogens (tertiary/aromatic N) is 2. The number of hydrogen-bond acceptors (Lipinski definition) is 6. The molecule has 146 valence electrons. The van der Waals surface area contributed by atoms with Crippen LogP contribution in [-0.2, 0) is 11.3 Å². The monoisotopic (exact) mass is 401 g/mol. The summed E-state index contributed by atoms with van der Waals surface area (Å²) >= 11 is 5.88. The fourth-order valence-electron chi connectivity index (χ4n) is 2.51. The van der Waals surface area contributed by atoms with Crippen molar-refractivity contribution in [2.24, 2.45) is 0 Å². The van der Waals surface area contributed by atoms with Crippen LogP contribution in [0.2, 0.25) is 5.02 Å². The molecule has 0 fully saturated rings. The highest BCUT2D eigenvalue weighted by Crippen LogP contribution is 2.27. The number of hydrogen-bond donors (Lipinski definition) is 1. The number of rotatable bonds is 8. The molecule has 1 heterocycles. The Morgan fingerprint density at radius 1 is 1.18 bits per heavy atom. The molecule has 0 bridgehead atoms. The Labute approximate surface area is 167 Å². The molecule has 1 amide bonds. The lowest BCUT2D eigenvalue weighted by molar-refractivity contribution is -0.128. The molecule has 7 nitrogen and oxygen atoms in total. The lowest BCUT2D eigenvalue weighted by atomic mass is 10.2. The van der Waals surface area contributed by atoms with E-state index in [1.54, 1.807) is 43.5 Å². The van der Waals surface area contributed by atoms with Gasteiger partial charge in [-0.1, -0.05) is 35.8 Å². The molecule has 0 unspecified atom stereocenters. The van der Waals surface area contributed by atoms with Crippen LogP contribution in [0.25, 0.3) is 11.4 Å². The van der Waals surface area contributed by atoms with E-state index in [4.69, 9.17) is 25.6 Å². The van der Waals surface area contributed by atoms with Gasteiger partial charge in [-0.15, -0.1) is 0 Å². The van der Waals surface area contributed by atoms with Gasteiger partial charge in [-0.2, -0.15) is 4.98 Å². The van der Waals surface area contributed by atoms with E-state index in [9.17, 15) is 4.79 Å². The van der Waals surface area contributed by atoms with Gasteiger partial charge in [0.2, 0.25) is 11.7 Å². The molecule has 1 atom stereocenters. The Bertz CT molecular complexity index is 927. The van der Waals surface area contributed by atoms with E-state index in [0.29, 0.717) is 34.7 Å². The molecule has 0 spiro atoms. The second-order valence-electron chi connectivity index (χ2n) is 5.90. The zero-order chi connectivity index (χ0) is 19.9. The second kappa shape index (κ2) is 9.23. The highest BCUT2D eigenvalue weighted by atomic mass is 35.5. The van der Waals surface area contributed by atoms with E-state index >= 15 is 0 Å². The maximum Gasteiger partial charge on any atom is 0.261 e. The summed E-state index contributed by atoms with van der Waals surface area (Å²) in [4.78, 5) is 16.8. The highest BCUT2D eigenvalue weighted by molar-refractivity contribution is 6.30.